The zero-order chi connectivity index (χ0) is 19.7. The number of carbonyl (C=O) groups is 1. The summed E-state index contributed by atoms with van der Waals surface area (Å²) in [4.78, 5) is 20.2. The smallest absolute Gasteiger partial charge is 0.267 e. The van der Waals surface area contributed by atoms with Crippen molar-refractivity contribution in [2.24, 2.45) is 5.92 Å². The van der Waals surface area contributed by atoms with Crippen LogP contribution < -0.4 is 0 Å². The van der Waals surface area contributed by atoms with Gasteiger partial charge in [0.1, 0.15) is 10.6 Å². The van der Waals surface area contributed by atoms with Gasteiger partial charge in [0, 0.05) is 18.8 Å². The number of nitrogens with zero attached hydrogens (tertiary/aromatic N) is 5. The van der Waals surface area contributed by atoms with E-state index in [4.69, 9.17) is 9.51 Å². The Morgan fingerprint density at radius 2 is 2.21 bits per heavy atom. The van der Waals surface area contributed by atoms with Gasteiger partial charge in [0.05, 0.1) is 22.6 Å². The zero-order valence-corrected chi connectivity index (χ0v) is 17.1. The van der Waals surface area contributed by atoms with Gasteiger partial charge < -0.3 is 9.42 Å². The van der Waals surface area contributed by atoms with Crippen LogP contribution in [0.4, 0.5) is 0 Å². The van der Waals surface area contributed by atoms with Gasteiger partial charge in [0.2, 0.25) is 0 Å². The molecule has 0 spiro atoms. The highest BCUT2D eigenvalue weighted by atomic mass is 32.1. The lowest BCUT2D eigenvalue weighted by Gasteiger charge is -2.16. The molecule has 8 heteroatoms. The monoisotopic (exact) mass is 397 g/mol. The number of aryl methyl sites for hydroxylation is 3. The first-order chi connectivity index (χ1) is 13.6. The molecule has 1 amide bonds. The number of hydrogen-bond acceptors (Lipinski definition) is 7. The fourth-order valence-electron chi connectivity index (χ4n) is 3.81. The third kappa shape index (κ3) is 3.56. The fourth-order valence-corrected chi connectivity index (χ4v) is 4.53. The standard InChI is InChI=1S/C20H23N5O2S/c1-4-16-19(28-24-22-16)20(26)25-9-8-14(11-25)10-15-6-5-7-17(21-15)18-12(2)23-27-13(18)3/h5-7,14H,4,8-11H2,1-3H3/t14-/m0/s1. The van der Waals surface area contributed by atoms with E-state index in [2.05, 4.69) is 20.8 Å². The van der Waals surface area contributed by atoms with Crippen molar-refractivity contribution in [3.63, 3.8) is 0 Å². The average molecular weight is 398 g/mol. The summed E-state index contributed by atoms with van der Waals surface area (Å²) in [6.45, 7) is 7.35. The Kier molecular flexibility index (Phi) is 5.21. The minimum atomic E-state index is 0.0618. The third-order valence-corrected chi connectivity index (χ3v) is 6.01. The van der Waals surface area contributed by atoms with E-state index in [1.54, 1.807) is 0 Å². The Labute approximate surface area is 167 Å². The summed E-state index contributed by atoms with van der Waals surface area (Å²) in [5, 5.41) is 8.09. The minimum absolute atomic E-state index is 0.0618. The fraction of sp³-hybridized carbons (Fsp3) is 0.450. The molecule has 146 valence electrons. The molecule has 0 N–H and O–H groups in total. The van der Waals surface area contributed by atoms with Crippen molar-refractivity contribution >= 4 is 17.4 Å². The summed E-state index contributed by atoms with van der Waals surface area (Å²) < 4.78 is 9.22. The molecular formula is C20H23N5O2S. The van der Waals surface area contributed by atoms with Crippen LogP contribution in [0.3, 0.4) is 0 Å². The van der Waals surface area contributed by atoms with Gasteiger partial charge in [-0.05, 0) is 62.7 Å². The van der Waals surface area contributed by atoms with Crippen molar-refractivity contribution in [1.82, 2.24) is 24.6 Å². The summed E-state index contributed by atoms with van der Waals surface area (Å²) in [7, 11) is 0. The van der Waals surface area contributed by atoms with E-state index < -0.39 is 0 Å². The van der Waals surface area contributed by atoms with Crippen molar-refractivity contribution in [3.05, 3.63) is 45.9 Å². The molecule has 28 heavy (non-hydrogen) atoms. The quantitative estimate of drug-likeness (QED) is 0.655. The van der Waals surface area contributed by atoms with Gasteiger partial charge >= 0.3 is 0 Å². The average Bonchev–Trinajstić information content (AvgIpc) is 3.42. The Morgan fingerprint density at radius 1 is 1.36 bits per heavy atom. The van der Waals surface area contributed by atoms with Gasteiger partial charge in [-0.2, -0.15) is 0 Å². The molecule has 0 aromatic carbocycles. The number of aromatic nitrogens is 4. The maximum absolute atomic E-state index is 12.8. The lowest BCUT2D eigenvalue weighted by atomic mass is 10.0. The van der Waals surface area contributed by atoms with Gasteiger partial charge in [-0.15, -0.1) is 5.10 Å². The van der Waals surface area contributed by atoms with E-state index >= 15 is 0 Å². The summed E-state index contributed by atoms with van der Waals surface area (Å²) in [5.41, 5.74) is 4.54. The predicted molar refractivity (Wildman–Crippen MR) is 106 cm³/mol. The van der Waals surface area contributed by atoms with Crippen molar-refractivity contribution in [2.45, 2.75) is 40.0 Å². The first-order valence-electron chi connectivity index (χ1n) is 9.56. The second-order valence-electron chi connectivity index (χ2n) is 7.23. The zero-order valence-electron chi connectivity index (χ0n) is 16.3. The second-order valence-corrected chi connectivity index (χ2v) is 7.98. The van der Waals surface area contributed by atoms with Crippen LogP contribution in [0, 0.1) is 19.8 Å². The SMILES string of the molecule is CCc1nnsc1C(=O)N1CC[C@@H](Cc2cccc(-c3c(C)noc3C)n2)C1. The van der Waals surface area contributed by atoms with Gasteiger partial charge in [0.25, 0.3) is 5.91 Å². The molecule has 1 saturated heterocycles. The van der Waals surface area contributed by atoms with Crippen LogP contribution in [-0.4, -0.2) is 43.6 Å². The number of hydrogen-bond donors (Lipinski definition) is 0. The van der Waals surface area contributed by atoms with Gasteiger partial charge in [-0.1, -0.05) is 22.6 Å². The Balaban J connectivity index is 1.45. The molecule has 0 aliphatic carbocycles. The lowest BCUT2D eigenvalue weighted by molar-refractivity contribution is 0.0790. The van der Waals surface area contributed by atoms with Crippen molar-refractivity contribution in [3.8, 4) is 11.3 Å². The van der Waals surface area contributed by atoms with Gasteiger partial charge in [-0.25, -0.2) is 0 Å². The molecule has 3 aromatic heterocycles. The van der Waals surface area contributed by atoms with E-state index in [1.807, 2.05) is 37.8 Å². The van der Waals surface area contributed by atoms with E-state index in [0.717, 1.165) is 66.5 Å². The highest BCUT2D eigenvalue weighted by Gasteiger charge is 2.29. The molecule has 3 aromatic rings. The molecule has 1 aliphatic heterocycles. The largest absolute Gasteiger partial charge is 0.361 e. The Morgan fingerprint density at radius 3 is 2.96 bits per heavy atom. The summed E-state index contributed by atoms with van der Waals surface area (Å²) in [6.07, 6.45) is 2.56. The number of carbonyl (C=O) groups excluding carboxylic acids is 1. The molecule has 1 aliphatic rings. The van der Waals surface area contributed by atoms with Crippen LogP contribution in [0.25, 0.3) is 11.3 Å². The van der Waals surface area contributed by atoms with Gasteiger partial charge in [-0.3, -0.25) is 9.78 Å². The highest BCUT2D eigenvalue weighted by Crippen LogP contribution is 2.27. The maximum atomic E-state index is 12.8. The number of likely N-dealkylation sites (tertiary alicyclic amines) is 1. The molecule has 1 fully saturated rings. The van der Waals surface area contributed by atoms with Gasteiger partial charge in [0.15, 0.2) is 0 Å². The van der Waals surface area contributed by atoms with Crippen LogP contribution in [0.1, 0.15) is 45.9 Å². The van der Waals surface area contributed by atoms with Crippen LogP contribution in [0.5, 0.6) is 0 Å². The topological polar surface area (TPSA) is 85.0 Å². The molecule has 0 saturated carbocycles. The minimum Gasteiger partial charge on any atom is -0.361 e. The second kappa shape index (κ2) is 7.79. The number of pyridine rings is 1. The Hall–Kier alpha value is -2.61. The summed E-state index contributed by atoms with van der Waals surface area (Å²) in [5.74, 6) is 1.25. The van der Waals surface area contributed by atoms with Crippen molar-refractivity contribution in [2.75, 3.05) is 13.1 Å². The maximum Gasteiger partial charge on any atom is 0.267 e. The lowest BCUT2D eigenvalue weighted by Crippen LogP contribution is -2.29. The molecule has 4 rings (SSSR count). The van der Waals surface area contributed by atoms with Crippen LogP contribution >= 0.6 is 11.5 Å². The number of amides is 1. The van der Waals surface area contributed by atoms with Crippen molar-refractivity contribution < 1.29 is 9.32 Å². The highest BCUT2D eigenvalue weighted by molar-refractivity contribution is 7.08. The summed E-state index contributed by atoms with van der Waals surface area (Å²) in [6, 6.07) is 6.07. The summed E-state index contributed by atoms with van der Waals surface area (Å²) >= 11 is 1.20. The van der Waals surface area contributed by atoms with Crippen molar-refractivity contribution in [1.29, 1.82) is 0 Å². The normalized spacial score (nSPS) is 16.7. The molecular weight excluding hydrogens is 374 g/mol. The Bertz CT molecular complexity index is 977. The molecule has 7 nitrogen and oxygen atoms in total. The van der Waals surface area contributed by atoms with E-state index in [0.29, 0.717) is 10.8 Å². The first kappa shape index (κ1) is 18.7. The van der Waals surface area contributed by atoms with Crippen LogP contribution in [-0.2, 0) is 12.8 Å². The molecule has 1 atom stereocenters. The first-order valence-corrected chi connectivity index (χ1v) is 10.3. The third-order valence-electron chi connectivity index (χ3n) is 5.25. The number of rotatable bonds is 5. The van der Waals surface area contributed by atoms with E-state index in [-0.39, 0.29) is 5.91 Å². The van der Waals surface area contributed by atoms with E-state index in [9.17, 15) is 4.79 Å². The molecule has 4 heterocycles. The van der Waals surface area contributed by atoms with Crippen LogP contribution in [0.2, 0.25) is 0 Å². The van der Waals surface area contributed by atoms with E-state index in [1.165, 1.54) is 11.5 Å². The molecule has 0 bridgehead atoms. The van der Waals surface area contributed by atoms with Crippen LogP contribution in [0.15, 0.2) is 22.7 Å². The molecule has 0 radical (unpaired) electrons. The predicted octanol–water partition coefficient (Wildman–Crippen LogP) is 3.47. The molecule has 0 unspecified atom stereocenters.